The van der Waals surface area contributed by atoms with Crippen molar-refractivity contribution in [2.45, 2.75) is 34.6 Å². The quantitative estimate of drug-likeness (QED) is 0.681. The minimum absolute atomic E-state index is 0.345. The van der Waals surface area contributed by atoms with Crippen LogP contribution in [-0.2, 0) is 4.74 Å². The fourth-order valence-corrected chi connectivity index (χ4v) is 1.59. The third kappa shape index (κ3) is 6.06. The van der Waals surface area contributed by atoms with Crippen LogP contribution in [0, 0.1) is 11.8 Å². The number of carbonyl (C=O) groups is 1. The summed E-state index contributed by atoms with van der Waals surface area (Å²) in [5, 5.41) is 0. The Labute approximate surface area is 127 Å². The Balaban J connectivity index is 2.92. The molecule has 0 aliphatic carbocycles. The first kappa shape index (κ1) is 17.3. The number of hydrogen-bond donors (Lipinski definition) is 0. The molecule has 4 nitrogen and oxygen atoms in total. The number of rotatable bonds is 8. The molecule has 0 aromatic heterocycles. The Morgan fingerprint density at radius 1 is 1.00 bits per heavy atom. The van der Waals surface area contributed by atoms with Gasteiger partial charge in [-0.05, 0) is 37.0 Å². The van der Waals surface area contributed by atoms with Crippen molar-refractivity contribution in [1.29, 1.82) is 0 Å². The Hall–Kier alpha value is -1.71. The van der Waals surface area contributed by atoms with Crippen LogP contribution in [0.25, 0.3) is 0 Å². The molecule has 0 spiro atoms. The Kier molecular flexibility index (Phi) is 7.06. The molecule has 4 heteroatoms. The average Bonchev–Trinajstić information content (AvgIpc) is 2.43. The molecule has 0 unspecified atom stereocenters. The van der Waals surface area contributed by atoms with E-state index in [0.29, 0.717) is 48.7 Å². The molecule has 0 aliphatic rings. The fraction of sp³-hybridized carbons (Fsp3) is 0.588. The number of esters is 1. The van der Waals surface area contributed by atoms with E-state index >= 15 is 0 Å². The summed E-state index contributed by atoms with van der Waals surface area (Å²) in [4.78, 5) is 11.8. The lowest BCUT2D eigenvalue weighted by Gasteiger charge is -2.16. The van der Waals surface area contributed by atoms with Gasteiger partial charge in [0.25, 0.3) is 0 Å². The third-order valence-electron chi connectivity index (χ3n) is 2.60. The molecular weight excluding hydrogens is 268 g/mol. The summed E-state index contributed by atoms with van der Waals surface area (Å²) in [5.74, 6) is 1.73. The van der Waals surface area contributed by atoms with Crippen LogP contribution >= 0.6 is 0 Å². The maximum Gasteiger partial charge on any atom is 0.338 e. The highest BCUT2D eigenvalue weighted by Crippen LogP contribution is 2.29. The van der Waals surface area contributed by atoms with Crippen molar-refractivity contribution in [3.8, 4) is 11.5 Å². The van der Waals surface area contributed by atoms with Gasteiger partial charge >= 0.3 is 5.97 Å². The van der Waals surface area contributed by atoms with Gasteiger partial charge in [0.15, 0.2) is 11.5 Å². The van der Waals surface area contributed by atoms with Gasteiger partial charge in [0, 0.05) is 0 Å². The van der Waals surface area contributed by atoms with Crippen LogP contribution in [0.15, 0.2) is 18.2 Å². The van der Waals surface area contributed by atoms with Gasteiger partial charge in [-0.15, -0.1) is 0 Å². The molecular formula is C17H26O4. The number of benzene rings is 1. The Morgan fingerprint density at radius 2 is 1.57 bits per heavy atom. The maximum atomic E-state index is 11.8. The van der Waals surface area contributed by atoms with Crippen molar-refractivity contribution in [2.75, 3.05) is 19.8 Å². The molecule has 0 saturated heterocycles. The lowest BCUT2D eigenvalue weighted by molar-refractivity contribution is 0.0525. The van der Waals surface area contributed by atoms with E-state index in [1.807, 2.05) is 0 Å². The number of hydrogen-bond acceptors (Lipinski definition) is 4. The summed E-state index contributed by atoms with van der Waals surface area (Å²) in [6.45, 7) is 11.6. The van der Waals surface area contributed by atoms with Crippen molar-refractivity contribution in [2.24, 2.45) is 11.8 Å². The highest BCUT2D eigenvalue weighted by Gasteiger charge is 2.13. The largest absolute Gasteiger partial charge is 0.489 e. The highest BCUT2D eigenvalue weighted by atomic mass is 16.5. The molecule has 0 fully saturated rings. The van der Waals surface area contributed by atoms with Crippen LogP contribution in [0.3, 0.4) is 0 Å². The molecule has 1 rings (SSSR count). The van der Waals surface area contributed by atoms with E-state index in [9.17, 15) is 4.79 Å². The van der Waals surface area contributed by atoms with E-state index in [-0.39, 0.29) is 5.97 Å². The first-order valence-corrected chi connectivity index (χ1v) is 7.50. The number of carbonyl (C=O) groups excluding carboxylic acids is 1. The minimum atomic E-state index is -0.345. The summed E-state index contributed by atoms with van der Waals surface area (Å²) < 4.78 is 16.5. The smallest absolute Gasteiger partial charge is 0.338 e. The molecule has 21 heavy (non-hydrogen) atoms. The van der Waals surface area contributed by atoms with Gasteiger partial charge in [0.05, 0.1) is 25.4 Å². The van der Waals surface area contributed by atoms with Crippen molar-refractivity contribution >= 4 is 5.97 Å². The fourth-order valence-electron chi connectivity index (χ4n) is 1.59. The van der Waals surface area contributed by atoms with E-state index in [1.165, 1.54) is 0 Å². The van der Waals surface area contributed by atoms with Gasteiger partial charge in [-0.25, -0.2) is 4.79 Å². The van der Waals surface area contributed by atoms with E-state index in [1.54, 1.807) is 25.1 Å². The van der Waals surface area contributed by atoms with Crippen LogP contribution in [0.5, 0.6) is 11.5 Å². The summed E-state index contributed by atoms with van der Waals surface area (Å²) in [5.41, 5.74) is 0.479. The molecule has 118 valence electrons. The van der Waals surface area contributed by atoms with Gasteiger partial charge in [0.1, 0.15) is 0 Å². The topological polar surface area (TPSA) is 44.8 Å². The Morgan fingerprint density at radius 3 is 2.10 bits per heavy atom. The SMILES string of the molecule is CCOC(=O)c1ccc(OCC(C)C)c(OCC(C)C)c1. The monoisotopic (exact) mass is 294 g/mol. The second kappa shape index (κ2) is 8.55. The van der Waals surface area contributed by atoms with E-state index in [4.69, 9.17) is 14.2 Å². The molecule has 1 aromatic carbocycles. The molecule has 0 aliphatic heterocycles. The molecule has 0 saturated carbocycles. The summed E-state index contributed by atoms with van der Waals surface area (Å²) in [6.07, 6.45) is 0. The predicted octanol–water partition coefficient (Wildman–Crippen LogP) is 3.93. The normalized spacial score (nSPS) is 10.8. The van der Waals surface area contributed by atoms with Gasteiger partial charge in [0.2, 0.25) is 0 Å². The molecule has 0 atom stereocenters. The third-order valence-corrected chi connectivity index (χ3v) is 2.60. The van der Waals surface area contributed by atoms with Crippen molar-refractivity contribution in [1.82, 2.24) is 0 Å². The van der Waals surface area contributed by atoms with Crippen molar-refractivity contribution in [3.05, 3.63) is 23.8 Å². The molecule has 0 amide bonds. The molecule has 0 heterocycles. The highest BCUT2D eigenvalue weighted by molar-refractivity contribution is 5.90. The maximum absolute atomic E-state index is 11.8. The average molecular weight is 294 g/mol. The van der Waals surface area contributed by atoms with Crippen molar-refractivity contribution in [3.63, 3.8) is 0 Å². The van der Waals surface area contributed by atoms with Crippen LogP contribution in [-0.4, -0.2) is 25.8 Å². The van der Waals surface area contributed by atoms with E-state index < -0.39 is 0 Å². The molecule has 0 radical (unpaired) electrons. The van der Waals surface area contributed by atoms with E-state index in [0.717, 1.165) is 0 Å². The predicted molar refractivity (Wildman–Crippen MR) is 83.1 cm³/mol. The zero-order valence-electron chi connectivity index (χ0n) is 13.6. The van der Waals surface area contributed by atoms with Gasteiger partial charge in [-0.1, -0.05) is 27.7 Å². The molecule has 0 N–H and O–H groups in total. The Bertz CT molecular complexity index is 452. The van der Waals surface area contributed by atoms with Crippen LogP contribution < -0.4 is 9.47 Å². The first-order chi connectivity index (χ1) is 9.93. The first-order valence-electron chi connectivity index (χ1n) is 7.50. The van der Waals surface area contributed by atoms with Gasteiger partial charge in [-0.3, -0.25) is 0 Å². The summed E-state index contributed by atoms with van der Waals surface area (Å²) >= 11 is 0. The molecule has 1 aromatic rings. The van der Waals surface area contributed by atoms with E-state index in [2.05, 4.69) is 27.7 Å². The van der Waals surface area contributed by atoms with Crippen LogP contribution in [0.2, 0.25) is 0 Å². The van der Waals surface area contributed by atoms with Gasteiger partial charge in [-0.2, -0.15) is 0 Å². The second-order valence-electron chi connectivity index (χ2n) is 5.79. The second-order valence-corrected chi connectivity index (χ2v) is 5.79. The van der Waals surface area contributed by atoms with Crippen molar-refractivity contribution < 1.29 is 19.0 Å². The summed E-state index contributed by atoms with van der Waals surface area (Å²) in [6, 6.07) is 5.16. The molecule has 0 bridgehead atoms. The zero-order valence-corrected chi connectivity index (χ0v) is 13.6. The minimum Gasteiger partial charge on any atom is -0.489 e. The van der Waals surface area contributed by atoms with Gasteiger partial charge < -0.3 is 14.2 Å². The zero-order chi connectivity index (χ0) is 15.8. The number of ether oxygens (including phenoxy) is 3. The van der Waals surface area contributed by atoms with Crippen LogP contribution in [0.1, 0.15) is 45.0 Å². The summed E-state index contributed by atoms with van der Waals surface area (Å²) in [7, 11) is 0. The lowest BCUT2D eigenvalue weighted by atomic mass is 10.2. The van der Waals surface area contributed by atoms with Crippen LogP contribution in [0.4, 0.5) is 0 Å². The standard InChI is InChI=1S/C17H26O4/c1-6-19-17(18)14-7-8-15(20-10-12(2)3)16(9-14)21-11-13(4)5/h7-9,12-13H,6,10-11H2,1-5H3. The lowest BCUT2D eigenvalue weighted by Crippen LogP contribution is -2.10.